The molecule has 2 aromatic rings. The standard InChI is InChI=1S/C16H18BrClN2O2S/c1-16(2,3)20-14(21)15(23-4)22-13-6-9-5-10(17)8-19-12(9)7-11(13)18/h5-8,15H,1-4H3,(H,20,21). The maximum atomic E-state index is 12.3. The lowest BCUT2D eigenvalue weighted by atomic mass is 10.1. The second-order valence-electron chi connectivity index (χ2n) is 6.05. The third-order valence-electron chi connectivity index (χ3n) is 2.86. The van der Waals surface area contributed by atoms with E-state index in [1.54, 1.807) is 18.3 Å². The molecule has 1 aromatic carbocycles. The van der Waals surface area contributed by atoms with E-state index in [4.69, 9.17) is 16.3 Å². The number of ether oxygens (including phenoxy) is 1. The molecule has 0 aliphatic rings. The van der Waals surface area contributed by atoms with Crippen LogP contribution in [-0.4, -0.2) is 28.1 Å². The number of rotatable bonds is 4. The lowest BCUT2D eigenvalue weighted by Gasteiger charge is -2.24. The Morgan fingerprint density at radius 1 is 1.39 bits per heavy atom. The Morgan fingerprint density at radius 2 is 2.09 bits per heavy atom. The first-order chi connectivity index (χ1) is 10.7. The van der Waals surface area contributed by atoms with Crippen molar-refractivity contribution in [1.82, 2.24) is 10.3 Å². The Morgan fingerprint density at radius 3 is 2.70 bits per heavy atom. The van der Waals surface area contributed by atoms with Gasteiger partial charge in [-0.1, -0.05) is 11.6 Å². The number of hydrogen-bond donors (Lipinski definition) is 1. The predicted molar refractivity (Wildman–Crippen MR) is 100 cm³/mol. The van der Waals surface area contributed by atoms with Crippen LogP contribution in [-0.2, 0) is 4.79 Å². The van der Waals surface area contributed by atoms with Crippen LogP contribution < -0.4 is 10.1 Å². The summed E-state index contributed by atoms with van der Waals surface area (Å²) in [6.07, 6.45) is 3.53. The van der Waals surface area contributed by atoms with Gasteiger partial charge in [0.15, 0.2) is 0 Å². The van der Waals surface area contributed by atoms with Crippen LogP contribution in [0.3, 0.4) is 0 Å². The van der Waals surface area contributed by atoms with E-state index in [0.717, 1.165) is 15.4 Å². The number of pyridine rings is 1. The van der Waals surface area contributed by atoms with Crippen LogP contribution in [0, 0.1) is 0 Å². The van der Waals surface area contributed by atoms with Crippen molar-refractivity contribution < 1.29 is 9.53 Å². The molecule has 0 saturated carbocycles. The minimum atomic E-state index is -0.677. The van der Waals surface area contributed by atoms with Crippen molar-refractivity contribution >= 4 is 56.1 Å². The highest BCUT2D eigenvalue weighted by Crippen LogP contribution is 2.32. The first kappa shape index (κ1) is 18.4. The van der Waals surface area contributed by atoms with Gasteiger partial charge >= 0.3 is 0 Å². The van der Waals surface area contributed by atoms with Crippen LogP contribution in [0.1, 0.15) is 20.8 Å². The topological polar surface area (TPSA) is 51.2 Å². The molecule has 0 aliphatic carbocycles. The largest absolute Gasteiger partial charge is 0.468 e. The molecule has 124 valence electrons. The van der Waals surface area contributed by atoms with Gasteiger partial charge in [0.05, 0.1) is 10.5 Å². The molecule has 23 heavy (non-hydrogen) atoms. The van der Waals surface area contributed by atoms with Crippen LogP contribution in [0.4, 0.5) is 0 Å². The quantitative estimate of drug-likeness (QED) is 0.737. The molecule has 1 aromatic heterocycles. The van der Waals surface area contributed by atoms with E-state index in [1.165, 1.54) is 11.8 Å². The first-order valence-electron chi connectivity index (χ1n) is 6.96. The monoisotopic (exact) mass is 416 g/mol. The van der Waals surface area contributed by atoms with E-state index in [-0.39, 0.29) is 11.4 Å². The summed E-state index contributed by atoms with van der Waals surface area (Å²) in [7, 11) is 0. The maximum absolute atomic E-state index is 12.3. The summed E-state index contributed by atoms with van der Waals surface area (Å²) < 4.78 is 6.69. The van der Waals surface area contributed by atoms with Crippen molar-refractivity contribution in [3.05, 3.63) is 33.9 Å². The zero-order valence-electron chi connectivity index (χ0n) is 13.3. The molecular weight excluding hydrogens is 400 g/mol. The van der Waals surface area contributed by atoms with Crippen LogP contribution in [0.15, 0.2) is 28.9 Å². The number of nitrogens with zero attached hydrogens (tertiary/aromatic N) is 1. The Bertz CT molecular complexity index is 734. The molecule has 0 bridgehead atoms. The molecule has 0 radical (unpaired) electrons. The highest BCUT2D eigenvalue weighted by Gasteiger charge is 2.24. The Balaban J connectivity index is 2.28. The lowest BCUT2D eigenvalue weighted by Crippen LogP contribution is -2.46. The fourth-order valence-corrected chi connectivity index (χ4v) is 2.97. The molecule has 7 heteroatoms. The molecule has 1 N–H and O–H groups in total. The van der Waals surface area contributed by atoms with Crippen LogP contribution in [0.2, 0.25) is 5.02 Å². The van der Waals surface area contributed by atoms with E-state index in [2.05, 4.69) is 26.2 Å². The Kier molecular flexibility index (Phi) is 5.81. The van der Waals surface area contributed by atoms with Crippen LogP contribution >= 0.6 is 39.3 Å². The lowest BCUT2D eigenvalue weighted by molar-refractivity contribution is -0.125. The molecule has 0 saturated heterocycles. The summed E-state index contributed by atoms with van der Waals surface area (Å²) >= 11 is 11.0. The highest BCUT2D eigenvalue weighted by atomic mass is 79.9. The summed E-state index contributed by atoms with van der Waals surface area (Å²) in [6.45, 7) is 5.78. The molecule has 0 aliphatic heterocycles. The number of fused-ring (bicyclic) bond motifs is 1. The molecule has 0 spiro atoms. The third kappa shape index (κ3) is 4.99. The van der Waals surface area contributed by atoms with E-state index in [1.807, 2.05) is 33.1 Å². The zero-order chi connectivity index (χ0) is 17.2. The number of carbonyl (C=O) groups excluding carboxylic acids is 1. The van der Waals surface area contributed by atoms with Crippen LogP contribution in [0.5, 0.6) is 5.75 Å². The number of aromatic nitrogens is 1. The minimum absolute atomic E-state index is 0.187. The zero-order valence-corrected chi connectivity index (χ0v) is 16.5. The van der Waals surface area contributed by atoms with Crippen molar-refractivity contribution in [3.63, 3.8) is 0 Å². The first-order valence-corrected chi connectivity index (χ1v) is 9.42. The molecule has 4 nitrogen and oxygen atoms in total. The van der Waals surface area contributed by atoms with Gasteiger partial charge in [-0.25, -0.2) is 0 Å². The number of nitrogens with one attached hydrogen (secondary N) is 1. The summed E-state index contributed by atoms with van der Waals surface area (Å²) in [6, 6.07) is 5.45. The maximum Gasteiger partial charge on any atom is 0.272 e. The van der Waals surface area contributed by atoms with Gasteiger partial charge in [0, 0.05) is 21.6 Å². The van der Waals surface area contributed by atoms with Gasteiger partial charge in [-0.15, -0.1) is 11.8 Å². The Labute approximate surface area is 153 Å². The summed E-state index contributed by atoms with van der Waals surface area (Å²) in [4.78, 5) is 16.6. The number of hydrogen-bond acceptors (Lipinski definition) is 4. The van der Waals surface area contributed by atoms with E-state index >= 15 is 0 Å². The minimum Gasteiger partial charge on any atom is -0.468 e. The van der Waals surface area contributed by atoms with Crippen molar-refractivity contribution in [2.24, 2.45) is 0 Å². The van der Waals surface area contributed by atoms with Gasteiger partial charge in [0.2, 0.25) is 5.44 Å². The smallest absolute Gasteiger partial charge is 0.272 e. The van der Waals surface area contributed by atoms with Gasteiger partial charge in [-0.3, -0.25) is 9.78 Å². The van der Waals surface area contributed by atoms with Crippen molar-refractivity contribution in [2.45, 2.75) is 31.7 Å². The van der Waals surface area contributed by atoms with Gasteiger partial charge in [-0.2, -0.15) is 0 Å². The number of thioether (sulfide) groups is 1. The fourth-order valence-electron chi connectivity index (χ4n) is 1.95. The second kappa shape index (κ2) is 7.28. The molecule has 1 amide bonds. The van der Waals surface area contributed by atoms with Crippen molar-refractivity contribution in [1.29, 1.82) is 0 Å². The molecule has 1 unspecified atom stereocenters. The molecule has 1 heterocycles. The predicted octanol–water partition coefficient (Wildman–Crippen LogP) is 4.63. The van der Waals surface area contributed by atoms with E-state index < -0.39 is 5.44 Å². The van der Waals surface area contributed by atoms with Crippen molar-refractivity contribution in [3.8, 4) is 5.75 Å². The molecule has 1 atom stereocenters. The summed E-state index contributed by atoms with van der Waals surface area (Å²) in [5, 5.41) is 4.22. The van der Waals surface area contributed by atoms with Gasteiger partial charge in [0.25, 0.3) is 5.91 Å². The average Bonchev–Trinajstić information content (AvgIpc) is 2.43. The Hall–Kier alpha value is -0.980. The second-order valence-corrected chi connectivity index (χ2v) is 8.28. The van der Waals surface area contributed by atoms with Crippen LogP contribution in [0.25, 0.3) is 10.9 Å². The molecular formula is C16H18BrClN2O2S. The normalized spacial score (nSPS) is 13.0. The summed E-state index contributed by atoms with van der Waals surface area (Å²) in [5.74, 6) is 0.274. The van der Waals surface area contributed by atoms with Gasteiger partial charge in [-0.05, 0) is 61.2 Å². The van der Waals surface area contributed by atoms with E-state index in [9.17, 15) is 4.79 Å². The average molecular weight is 418 g/mol. The van der Waals surface area contributed by atoms with Gasteiger partial charge < -0.3 is 10.1 Å². The molecule has 2 rings (SSSR count). The SMILES string of the molecule is CSC(Oc1cc2cc(Br)cnc2cc1Cl)C(=O)NC(C)(C)C. The van der Waals surface area contributed by atoms with E-state index in [0.29, 0.717) is 10.8 Å². The number of amides is 1. The number of halogens is 2. The van der Waals surface area contributed by atoms with Crippen molar-refractivity contribution in [2.75, 3.05) is 6.26 Å². The fraction of sp³-hybridized carbons (Fsp3) is 0.375. The third-order valence-corrected chi connectivity index (χ3v) is 4.33. The summed E-state index contributed by atoms with van der Waals surface area (Å²) in [5.41, 5.74) is -0.231. The van der Waals surface area contributed by atoms with Gasteiger partial charge in [0.1, 0.15) is 5.75 Å². The number of benzene rings is 1. The highest BCUT2D eigenvalue weighted by molar-refractivity contribution is 9.10. The molecule has 0 fully saturated rings. The number of carbonyl (C=O) groups is 1.